The van der Waals surface area contributed by atoms with Gasteiger partial charge in [-0.3, -0.25) is 4.79 Å². The molecule has 1 N–H and O–H groups in total. The van der Waals surface area contributed by atoms with Crippen LogP contribution in [0.25, 0.3) is 10.8 Å². The first kappa shape index (κ1) is 13.8. The van der Waals surface area contributed by atoms with Crippen molar-refractivity contribution >= 4 is 16.7 Å². The van der Waals surface area contributed by atoms with E-state index in [4.69, 9.17) is 0 Å². The molecule has 1 heterocycles. The molecule has 3 nitrogen and oxygen atoms in total. The first-order valence-electron chi connectivity index (χ1n) is 8.35. The fourth-order valence-electron chi connectivity index (χ4n) is 3.54. The van der Waals surface area contributed by atoms with Gasteiger partial charge in [0.2, 0.25) is 0 Å². The Labute approximate surface area is 131 Å². The normalized spacial score (nSPS) is 19.3. The Morgan fingerprint density at radius 2 is 1.59 bits per heavy atom. The number of fused-ring (bicyclic) bond motifs is 1. The number of benzene rings is 2. The van der Waals surface area contributed by atoms with Crippen LogP contribution in [0.3, 0.4) is 0 Å². The molecular formula is C19H22N2O. The van der Waals surface area contributed by atoms with Crippen LogP contribution < -0.4 is 5.32 Å². The molecule has 4 rings (SSSR count). The molecule has 0 atom stereocenters. The van der Waals surface area contributed by atoms with Gasteiger partial charge in [-0.2, -0.15) is 0 Å². The highest BCUT2D eigenvalue weighted by atomic mass is 16.2. The van der Waals surface area contributed by atoms with Crippen molar-refractivity contribution in [2.75, 3.05) is 13.1 Å². The van der Waals surface area contributed by atoms with Gasteiger partial charge in [0.15, 0.2) is 0 Å². The Kier molecular flexibility index (Phi) is 3.59. The summed E-state index contributed by atoms with van der Waals surface area (Å²) in [4.78, 5) is 15.3. The average Bonchev–Trinajstić information content (AvgIpc) is 3.40. The zero-order valence-corrected chi connectivity index (χ0v) is 12.8. The van der Waals surface area contributed by atoms with Gasteiger partial charge in [0.1, 0.15) is 0 Å². The molecule has 22 heavy (non-hydrogen) atoms. The van der Waals surface area contributed by atoms with Crippen molar-refractivity contribution < 1.29 is 4.79 Å². The van der Waals surface area contributed by atoms with Gasteiger partial charge in [-0.15, -0.1) is 0 Å². The van der Waals surface area contributed by atoms with Gasteiger partial charge in [-0.1, -0.05) is 30.3 Å². The van der Waals surface area contributed by atoms with Crippen molar-refractivity contribution in [1.29, 1.82) is 0 Å². The number of amides is 1. The highest BCUT2D eigenvalue weighted by Gasteiger charge is 2.38. The maximum Gasteiger partial charge on any atom is 0.254 e. The summed E-state index contributed by atoms with van der Waals surface area (Å²) in [6.07, 6.45) is 4.50. The quantitative estimate of drug-likeness (QED) is 0.943. The summed E-state index contributed by atoms with van der Waals surface area (Å²) < 4.78 is 0. The second kappa shape index (κ2) is 5.73. The van der Waals surface area contributed by atoms with E-state index in [1.807, 2.05) is 24.3 Å². The minimum atomic E-state index is 0.222. The second-order valence-corrected chi connectivity index (χ2v) is 6.49. The summed E-state index contributed by atoms with van der Waals surface area (Å²) >= 11 is 0. The smallest absolute Gasteiger partial charge is 0.254 e. The summed E-state index contributed by atoms with van der Waals surface area (Å²) in [7, 11) is 0. The van der Waals surface area contributed by atoms with Crippen molar-refractivity contribution in [3.8, 4) is 0 Å². The SMILES string of the molecule is O=C(c1ccc2ccccc2c1)N(C1CCNCC1)C1CC1. The van der Waals surface area contributed by atoms with E-state index in [-0.39, 0.29) is 5.91 Å². The van der Waals surface area contributed by atoms with Gasteiger partial charge in [0.05, 0.1) is 0 Å². The number of hydrogen-bond acceptors (Lipinski definition) is 2. The number of carbonyl (C=O) groups excluding carboxylic acids is 1. The molecule has 2 fully saturated rings. The molecule has 0 bridgehead atoms. The van der Waals surface area contributed by atoms with Gasteiger partial charge in [-0.05, 0) is 61.7 Å². The summed E-state index contributed by atoms with van der Waals surface area (Å²) in [6.45, 7) is 2.05. The first-order valence-corrected chi connectivity index (χ1v) is 8.35. The highest BCUT2D eigenvalue weighted by Crippen LogP contribution is 2.33. The van der Waals surface area contributed by atoms with Crippen LogP contribution in [0.5, 0.6) is 0 Å². The Balaban J connectivity index is 1.64. The van der Waals surface area contributed by atoms with E-state index < -0.39 is 0 Å². The molecule has 3 heteroatoms. The molecule has 114 valence electrons. The maximum atomic E-state index is 13.1. The molecule has 2 aromatic carbocycles. The number of rotatable bonds is 3. The fraction of sp³-hybridized carbons (Fsp3) is 0.421. The van der Waals surface area contributed by atoms with Crippen molar-refractivity contribution in [1.82, 2.24) is 10.2 Å². The van der Waals surface area contributed by atoms with Crippen LogP contribution in [0.15, 0.2) is 42.5 Å². The second-order valence-electron chi connectivity index (χ2n) is 6.49. The molecule has 1 aliphatic carbocycles. The van der Waals surface area contributed by atoms with E-state index in [0.717, 1.165) is 36.9 Å². The average molecular weight is 294 g/mol. The molecule has 1 saturated heterocycles. The van der Waals surface area contributed by atoms with Gasteiger partial charge in [-0.25, -0.2) is 0 Å². The zero-order valence-electron chi connectivity index (χ0n) is 12.8. The third-order valence-electron chi connectivity index (χ3n) is 4.87. The lowest BCUT2D eigenvalue weighted by Crippen LogP contribution is -2.47. The molecular weight excluding hydrogens is 272 g/mol. The molecule has 0 radical (unpaired) electrons. The van der Waals surface area contributed by atoms with Crippen molar-refractivity contribution in [2.24, 2.45) is 0 Å². The molecule has 2 aromatic rings. The zero-order chi connectivity index (χ0) is 14.9. The lowest BCUT2D eigenvalue weighted by molar-refractivity contribution is 0.0623. The summed E-state index contributed by atoms with van der Waals surface area (Å²) in [5.41, 5.74) is 0.837. The molecule has 1 aliphatic heterocycles. The van der Waals surface area contributed by atoms with E-state index in [2.05, 4.69) is 28.4 Å². The van der Waals surface area contributed by atoms with Crippen LogP contribution in [0.1, 0.15) is 36.0 Å². The summed E-state index contributed by atoms with van der Waals surface area (Å²) in [6, 6.07) is 15.2. The van der Waals surface area contributed by atoms with Gasteiger partial charge in [0.25, 0.3) is 5.91 Å². The Bertz CT molecular complexity index is 687. The van der Waals surface area contributed by atoms with Crippen LogP contribution in [0.2, 0.25) is 0 Å². The lowest BCUT2D eigenvalue weighted by Gasteiger charge is -2.35. The first-order chi connectivity index (χ1) is 10.8. The molecule has 1 amide bonds. The monoisotopic (exact) mass is 294 g/mol. The molecule has 0 unspecified atom stereocenters. The molecule has 0 aromatic heterocycles. The lowest BCUT2D eigenvalue weighted by atomic mass is 10.0. The summed E-state index contributed by atoms with van der Waals surface area (Å²) in [5.74, 6) is 0.222. The predicted octanol–water partition coefficient (Wildman–Crippen LogP) is 3.20. The van der Waals surface area contributed by atoms with Gasteiger partial charge in [0, 0.05) is 17.6 Å². The van der Waals surface area contributed by atoms with Crippen LogP contribution >= 0.6 is 0 Å². The number of nitrogens with one attached hydrogen (secondary N) is 1. The van der Waals surface area contributed by atoms with E-state index in [1.54, 1.807) is 0 Å². The van der Waals surface area contributed by atoms with Crippen LogP contribution in [-0.4, -0.2) is 36.0 Å². The van der Waals surface area contributed by atoms with E-state index in [0.29, 0.717) is 12.1 Å². The Morgan fingerprint density at radius 3 is 2.32 bits per heavy atom. The van der Waals surface area contributed by atoms with E-state index in [1.165, 1.54) is 18.2 Å². The maximum absolute atomic E-state index is 13.1. The van der Waals surface area contributed by atoms with Gasteiger partial charge < -0.3 is 10.2 Å². The van der Waals surface area contributed by atoms with Crippen LogP contribution in [-0.2, 0) is 0 Å². The Hall–Kier alpha value is -1.87. The number of carbonyl (C=O) groups is 1. The standard InChI is InChI=1S/C19H22N2O/c22-19(16-6-5-14-3-1-2-4-15(14)13-16)21(17-7-8-17)18-9-11-20-12-10-18/h1-6,13,17-18,20H,7-12H2. The third-order valence-corrected chi connectivity index (χ3v) is 4.87. The van der Waals surface area contributed by atoms with Crippen molar-refractivity contribution in [3.63, 3.8) is 0 Å². The summed E-state index contributed by atoms with van der Waals surface area (Å²) in [5, 5.41) is 5.73. The van der Waals surface area contributed by atoms with E-state index >= 15 is 0 Å². The topological polar surface area (TPSA) is 32.3 Å². The minimum absolute atomic E-state index is 0.222. The molecule has 1 saturated carbocycles. The predicted molar refractivity (Wildman–Crippen MR) is 89.0 cm³/mol. The number of hydrogen-bond donors (Lipinski definition) is 1. The van der Waals surface area contributed by atoms with Crippen LogP contribution in [0, 0.1) is 0 Å². The van der Waals surface area contributed by atoms with Gasteiger partial charge >= 0.3 is 0 Å². The van der Waals surface area contributed by atoms with Crippen molar-refractivity contribution in [3.05, 3.63) is 48.0 Å². The van der Waals surface area contributed by atoms with Crippen LogP contribution in [0.4, 0.5) is 0 Å². The Morgan fingerprint density at radius 1 is 0.909 bits per heavy atom. The molecule has 0 spiro atoms. The number of piperidine rings is 1. The molecule has 2 aliphatic rings. The fourth-order valence-corrected chi connectivity index (χ4v) is 3.54. The number of nitrogens with zero attached hydrogens (tertiary/aromatic N) is 1. The highest BCUT2D eigenvalue weighted by molar-refractivity contribution is 5.99. The largest absolute Gasteiger partial charge is 0.333 e. The third kappa shape index (κ3) is 2.61. The minimum Gasteiger partial charge on any atom is -0.333 e. The van der Waals surface area contributed by atoms with E-state index in [9.17, 15) is 4.79 Å². The van der Waals surface area contributed by atoms with Crippen molar-refractivity contribution in [2.45, 2.75) is 37.8 Å².